The van der Waals surface area contributed by atoms with Crippen LogP contribution in [0.1, 0.15) is 27.7 Å². The van der Waals surface area contributed by atoms with Gasteiger partial charge in [-0.05, 0) is 27.7 Å². The molecule has 0 unspecified atom stereocenters. The molecule has 0 saturated heterocycles. The van der Waals surface area contributed by atoms with Crippen molar-refractivity contribution in [3.63, 3.8) is 0 Å². The minimum atomic E-state index is -0.468. The van der Waals surface area contributed by atoms with Crippen molar-refractivity contribution in [1.29, 1.82) is 0 Å². The summed E-state index contributed by atoms with van der Waals surface area (Å²) >= 11 is 1.37. The molecule has 0 spiro atoms. The number of hydrogen-bond acceptors (Lipinski definition) is 3. The van der Waals surface area contributed by atoms with E-state index in [1.54, 1.807) is 27.7 Å². The first kappa shape index (κ1) is 10.7. The number of carbonyl (C=O) groups excluding carboxylic acids is 2. The predicted molar refractivity (Wildman–Crippen MR) is 47.9 cm³/mol. The lowest BCUT2D eigenvalue weighted by atomic mass is 10.2. The first-order chi connectivity index (χ1) is 4.83. The van der Waals surface area contributed by atoms with Gasteiger partial charge < -0.3 is 9.59 Å². The van der Waals surface area contributed by atoms with Gasteiger partial charge in [0, 0.05) is 0 Å². The normalized spacial score (nSPS) is 12.7. The van der Waals surface area contributed by atoms with Crippen LogP contribution in [0.25, 0.3) is 0 Å². The van der Waals surface area contributed by atoms with Gasteiger partial charge in [0.15, 0.2) is 0 Å². The summed E-state index contributed by atoms with van der Waals surface area (Å²) in [6, 6.07) is 0. The Bertz CT molecular complexity index is 143. The van der Waals surface area contributed by atoms with Crippen LogP contribution in [0.15, 0.2) is 0 Å². The predicted octanol–water partition coefficient (Wildman–Crippen LogP) is 1.67. The molecule has 64 valence electrons. The maximum Gasteiger partial charge on any atom is 0.135 e. The third kappa shape index (κ3) is 4.19. The van der Waals surface area contributed by atoms with E-state index in [1.165, 1.54) is 11.8 Å². The topological polar surface area (TPSA) is 34.1 Å². The Labute approximate surface area is 71.7 Å². The molecular formula is C8H14O2S. The first-order valence-corrected chi connectivity index (χ1v) is 4.27. The molecule has 0 bridgehead atoms. The van der Waals surface area contributed by atoms with Crippen LogP contribution in [0.4, 0.5) is 0 Å². The largest absolute Gasteiger partial charge is 0.302 e. The molecule has 0 amide bonds. The van der Waals surface area contributed by atoms with Crippen LogP contribution in [0.2, 0.25) is 0 Å². The smallest absolute Gasteiger partial charge is 0.135 e. The highest BCUT2D eigenvalue weighted by Gasteiger charge is 2.28. The molecule has 0 heterocycles. The van der Waals surface area contributed by atoms with Gasteiger partial charge >= 0.3 is 0 Å². The van der Waals surface area contributed by atoms with Crippen LogP contribution in [0.5, 0.6) is 0 Å². The summed E-state index contributed by atoms with van der Waals surface area (Å²) in [6.07, 6.45) is 1.73. The quantitative estimate of drug-likeness (QED) is 0.608. The van der Waals surface area contributed by atoms with E-state index in [1.807, 2.05) is 0 Å². The van der Waals surface area contributed by atoms with Crippen LogP contribution in [0.3, 0.4) is 0 Å². The molecule has 2 nitrogen and oxygen atoms in total. The molecule has 0 aromatic heterocycles. The zero-order valence-electron chi connectivity index (χ0n) is 7.38. The minimum absolute atomic E-state index is 0.468. The Hall–Kier alpha value is -0.310. The highest BCUT2D eigenvalue weighted by Crippen LogP contribution is 2.33. The number of hydrogen-bond donors (Lipinski definition) is 0. The van der Waals surface area contributed by atoms with Crippen molar-refractivity contribution < 1.29 is 9.59 Å². The Kier molecular flexibility index (Phi) is 3.30. The molecule has 11 heavy (non-hydrogen) atoms. The van der Waals surface area contributed by atoms with E-state index in [0.29, 0.717) is 0 Å². The lowest BCUT2D eigenvalue weighted by Gasteiger charge is -2.25. The molecule has 0 aliphatic heterocycles. The molecule has 0 fully saturated rings. The summed E-state index contributed by atoms with van der Waals surface area (Å²) in [5, 5.41) is 0. The average Bonchev–Trinajstić information content (AvgIpc) is 1.86. The molecule has 0 atom stereocenters. The second-order valence-electron chi connectivity index (χ2n) is 3.54. The fourth-order valence-corrected chi connectivity index (χ4v) is 2.18. The summed E-state index contributed by atoms with van der Waals surface area (Å²) in [7, 11) is 0. The fraction of sp³-hybridized carbons (Fsp3) is 0.750. The minimum Gasteiger partial charge on any atom is -0.302 e. The second kappa shape index (κ2) is 3.39. The van der Waals surface area contributed by atoms with Gasteiger partial charge in [0.1, 0.15) is 12.6 Å². The van der Waals surface area contributed by atoms with Crippen molar-refractivity contribution in [1.82, 2.24) is 0 Å². The lowest BCUT2D eigenvalue weighted by molar-refractivity contribution is -0.109. The van der Waals surface area contributed by atoms with E-state index < -0.39 is 9.49 Å². The van der Waals surface area contributed by atoms with Gasteiger partial charge in [-0.3, -0.25) is 0 Å². The zero-order chi connectivity index (χ0) is 9.12. The highest BCUT2D eigenvalue weighted by atomic mass is 32.2. The first-order valence-electron chi connectivity index (χ1n) is 3.46. The molecule has 0 radical (unpaired) electrons. The Morgan fingerprint density at radius 3 is 1.36 bits per heavy atom. The number of carbonyl (C=O) groups is 2. The lowest BCUT2D eigenvalue weighted by Crippen LogP contribution is -2.28. The van der Waals surface area contributed by atoms with Crippen molar-refractivity contribution in [2.45, 2.75) is 37.2 Å². The van der Waals surface area contributed by atoms with Gasteiger partial charge in [-0.25, -0.2) is 0 Å². The Balaban J connectivity index is 4.23. The summed E-state index contributed by atoms with van der Waals surface area (Å²) in [4.78, 5) is 21.0. The monoisotopic (exact) mass is 174 g/mol. The average molecular weight is 174 g/mol. The van der Waals surface area contributed by atoms with Crippen LogP contribution in [-0.4, -0.2) is 22.1 Å². The van der Waals surface area contributed by atoms with Crippen molar-refractivity contribution in [3.8, 4) is 0 Å². The summed E-state index contributed by atoms with van der Waals surface area (Å²) in [5.41, 5.74) is 0. The third-order valence-corrected chi connectivity index (χ3v) is 2.34. The maximum atomic E-state index is 10.5. The van der Waals surface area contributed by atoms with Crippen LogP contribution in [0, 0.1) is 0 Å². The summed E-state index contributed by atoms with van der Waals surface area (Å²) in [6.45, 7) is 7.21. The van der Waals surface area contributed by atoms with Crippen molar-refractivity contribution >= 4 is 24.3 Å². The van der Waals surface area contributed by atoms with Gasteiger partial charge in [-0.2, -0.15) is 0 Å². The Morgan fingerprint density at radius 2 is 1.18 bits per heavy atom. The van der Waals surface area contributed by atoms with E-state index in [0.717, 1.165) is 12.6 Å². The maximum absolute atomic E-state index is 10.5. The molecule has 0 aliphatic carbocycles. The second-order valence-corrected chi connectivity index (χ2v) is 5.85. The Morgan fingerprint density at radius 1 is 0.909 bits per heavy atom. The van der Waals surface area contributed by atoms with Crippen LogP contribution in [-0.2, 0) is 9.59 Å². The number of rotatable bonds is 4. The van der Waals surface area contributed by atoms with E-state index in [9.17, 15) is 9.59 Å². The van der Waals surface area contributed by atoms with Gasteiger partial charge in [-0.1, -0.05) is 0 Å². The van der Waals surface area contributed by atoms with Gasteiger partial charge in [-0.15, -0.1) is 11.8 Å². The van der Waals surface area contributed by atoms with E-state index >= 15 is 0 Å². The van der Waals surface area contributed by atoms with E-state index in [4.69, 9.17) is 0 Å². The molecule has 0 saturated carbocycles. The van der Waals surface area contributed by atoms with E-state index in [2.05, 4.69) is 0 Å². The van der Waals surface area contributed by atoms with Crippen molar-refractivity contribution in [2.75, 3.05) is 0 Å². The molecule has 0 N–H and O–H groups in total. The molecule has 0 aromatic rings. The van der Waals surface area contributed by atoms with E-state index in [-0.39, 0.29) is 0 Å². The molecule has 0 rings (SSSR count). The molecule has 3 heteroatoms. The highest BCUT2D eigenvalue weighted by molar-refractivity contribution is 8.03. The zero-order valence-corrected chi connectivity index (χ0v) is 8.20. The van der Waals surface area contributed by atoms with Crippen molar-refractivity contribution in [3.05, 3.63) is 0 Å². The SMILES string of the molecule is CC(C)(C=O)SC(C)(C)C=O. The van der Waals surface area contributed by atoms with Crippen molar-refractivity contribution in [2.24, 2.45) is 0 Å². The van der Waals surface area contributed by atoms with Crippen LogP contribution < -0.4 is 0 Å². The fourth-order valence-electron chi connectivity index (χ4n) is 0.726. The van der Waals surface area contributed by atoms with Gasteiger partial charge in [0.25, 0.3) is 0 Å². The molecule has 0 aliphatic rings. The van der Waals surface area contributed by atoms with Crippen LogP contribution >= 0.6 is 11.8 Å². The number of aldehydes is 2. The van der Waals surface area contributed by atoms with Gasteiger partial charge in [0.05, 0.1) is 9.49 Å². The molecule has 0 aromatic carbocycles. The van der Waals surface area contributed by atoms with Gasteiger partial charge in [0.2, 0.25) is 0 Å². The standard InChI is InChI=1S/C8H14O2S/c1-7(2,5-9)11-8(3,4)6-10/h5-6H,1-4H3. The summed E-state index contributed by atoms with van der Waals surface area (Å²) in [5.74, 6) is 0. The summed E-state index contributed by atoms with van der Waals surface area (Å²) < 4.78 is -0.936. The molecular weight excluding hydrogens is 160 g/mol. The third-order valence-electron chi connectivity index (χ3n) is 1.09. The number of thioether (sulfide) groups is 1.